The number of pyridine rings is 1. The van der Waals surface area contributed by atoms with Crippen molar-refractivity contribution in [3.63, 3.8) is 0 Å². The second-order valence-corrected chi connectivity index (χ2v) is 4.15. The average molecular weight is 292 g/mol. The number of carbonyl (C=O) groups excluding carboxylic acids is 1. The number of halogens is 2. The topological polar surface area (TPSA) is 79.3 Å². The van der Waals surface area contributed by atoms with Gasteiger partial charge in [-0.2, -0.15) is 0 Å². The van der Waals surface area contributed by atoms with E-state index in [4.69, 9.17) is 5.11 Å². The van der Waals surface area contributed by atoms with Gasteiger partial charge < -0.3 is 10.4 Å². The van der Waals surface area contributed by atoms with Crippen LogP contribution in [0.4, 0.5) is 8.78 Å². The van der Waals surface area contributed by atoms with E-state index in [1.165, 1.54) is 18.3 Å². The fourth-order valence-electron chi connectivity index (χ4n) is 1.65. The normalized spacial score (nSPS) is 10.2. The number of amides is 1. The Balaban J connectivity index is 2.09. The predicted octanol–water partition coefficient (Wildman–Crippen LogP) is 1.99. The first kappa shape index (κ1) is 14.6. The van der Waals surface area contributed by atoms with Crippen LogP contribution in [0.5, 0.6) is 0 Å². The van der Waals surface area contributed by atoms with Crippen molar-refractivity contribution in [1.82, 2.24) is 10.3 Å². The summed E-state index contributed by atoms with van der Waals surface area (Å²) in [5, 5.41) is 11.2. The Kier molecular flexibility index (Phi) is 4.22. The molecular formula is C14H10F2N2O3. The maximum atomic E-state index is 13.4. The molecule has 0 saturated heterocycles. The minimum absolute atomic E-state index is 0.0196. The van der Waals surface area contributed by atoms with Gasteiger partial charge in [-0.05, 0) is 30.3 Å². The van der Waals surface area contributed by atoms with Gasteiger partial charge in [0.2, 0.25) is 0 Å². The van der Waals surface area contributed by atoms with Crippen LogP contribution in [0.25, 0.3) is 0 Å². The van der Waals surface area contributed by atoms with Crippen LogP contribution in [0.3, 0.4) is 0 Å². The number of hydrogen-bond acceptors (Lipinski definition) is 3. The van der Waals surface area contributed by atoms with E-state index in [0.29, 0.717) is 5.69 Å². The zero-order chi connectivity index (χ0) is 15.4. The van der Waals surface area contributed by atoms with Gasteiger partial charge in [0, 0.05) is 6.20 Å². The van der Waals surface area contributed by atoms with Crippen molar-refractivity contribution in [2.24, 2.45) is 0 Å². The van der Waals surface area contributed by atoms with E-state index in [-0.39, 0.29) is 12.1 Å². The summed E-state index contributed by atoms with van der Waals surface area (Å²) in [6.07, 6.45) is 1.29. The van der Waals surface area contributed by atoms with E-state index in [1.807, 2.05) is 0 Å². The van der Waals surface area contributed by atoms with Gasteiger partial charge in [0.15, 0.2) is 0 Å². The molecule has 0 radical (unpaired) electrons. The number of nitrogens with one attached hydrogen (secondary N) is 1. The summed E-state index contributed by atoms with van der Waals surface area (Å²) in [5.74, 6) is -3.51. The largest absolute Gasteiger partial charge is 0.478 e. The van der Waals surface area contributed by atoms with E-state index >= 15 is 0 Å². The molecule has 5 nitrogen and oxygen atoms in total. The number of aromatic carboxylic acids is 1. The van der Waals surface area contributed by atoms with Gasteiger partial charge in [0.05, 0.1) is 23.4 Å². The molecule has 0 unspecified atom stereocenters. The first-order chi connectivity index (χ1) is 9.97. The SMILES string of the molecule is O=C(O)c1ccnc(CNC(=O)c2cc(F)ccc2F)c1. The lowest BCUT2D eigenvalue weighted by Gasteiger charge is -2.06. The molecule has 0 atom stereocenters. The van der Waals surface area contributed by atoms with E-state index in [1.54, 1.807) is 0 Å². The summed E-state index contributed by atoms with van der Waals surface area (Å²) < 4.78 is 26.4. The smallest absolute Gasteiger partial charge is 0.335 e. The third-order valence-corrected chi connectivity index (χ3v) is 2.67. The second-order valence-electron chi connectivity index (χ2n) is 4.15. The van der Waals surface area contributed by atoms with Crippen LogP contribution in [0.1, 0.15) is 26.4 Å². The lowest BCUT2D eigenvalue weighted by molar-refractivity contribution is 0.0696. The quantitative estimate of drug-likeness (QED) is 0.903. The fourth-order valence-corrected chi connectivity index (χ4v) is 1.65. The number of carbonyl (C=O) groups is 2. The molecule has 2 N–H and O–H groups in total. The summed E-state index contributed by atoms with van der Waals surface area (Å²) in [6, 6.07) is 5.13. The van der Waals surface area contributed by atoms with Gasteiger partial charge in [-0.1, -0.05) is 0 Å². The molecule has 108 valence electrons. The summed E-state index contributed by atoms with van der Waals surface area (Å²) >= 11 is 0. The minimum atomic E-state index is -1.12. The van der Waals surface area contributed by atoms with Crippen LogP contribution in [-0.2, 0) is 6.54 Å². The van der Waals surface area contributed by atoms with E-state index < -0.39 is 29.1 Å². The highest BCUT2D eigenvalue weighted by Gasteiger charge is 2.13. The Labute approximate surface area is 118 Å². The molecule has 0 spiro atoms. The Morgan fingerprint density at radius 1 is 1.19 bits per heavy atom. The van der Waals surface area contributed by atoms with Crippen LogP contribution in [0, 0.1) is 11.6 Å². The van der Waals surface area contributed by atoms with Gasteiger partial charge in [-0.3, -0.25) is 9.78 Å². The fraction of sp³-hybridized carbons (Fsp3) is 0.0714. The summed E-state index contributed by atoms with van der Waals surface area (Å²) in [7, 11) is 0. The van der Waals surface area contributed by atoms with Crippen LogP contribution >= 0.6 is 0 Å². The van der Waals surface area contributed by atoms with Crippen molar-refractivity contribution in [1.29, 1.82) is 0 Å². The Hall–Kier alpha value is -2.83. The van der Waals surface area contributed by atoms with Crippen molar-refractivity contribution in [2.75, 3.05) is 0 Å². The highest BCUT2D eigenvalue weighted by atomic mass is 19.1. The first-order valence-electron chi connectivity index (χ1n) is 5.89. The van der Waals surface area contributed by atoms with Crippen molar-refractivity contribution in [2.45, 2.75) is 6.54 Å². The zero-order valence-electron chi connectivity index (χ0n) is 10.6. The molecule has 2 rings (SSSR count). The molecule has 1 amide bonds. The molecular weight excluding hydrogens is 282 g/mol. The van der Waals surface area contributed by atoms with Gasteiger partial charge in [0.1, 0.15) is 11.6 Å². The molecule has 21 heavy (non-hydrogen) atoms. The van der Waals surface area contributed by atoms with Crippen molar-refractivity contribution >= 4 is 11.9 Å². The Bertz CT molecular complexity index is 704. The molecule has 2 aromatic rings. The summed E-state index contributed by atoms with van der Waals surface area (Å²) in [5.41, 5.74) is -0.115. The molecule has 7 heteroatoms. The summed E-state index contributed by atoms with van der Waals surface area (Å²) in [4.78, 5) is 26.4. The highest BCUT2D eigenvalue weighted by molar-refractivity contribution is 5.94. The van der Waals surface area contributed by atoms with Crippen molar-refractivity contribution in [3.8, 4) is 0 Å². The molecule has 0 fully saturated rings. The molecule has 0 aliphatic heterocycles. The zero-order valence-corrected chi connectivity index (χ0v) is 10.6. The number of carboxylic acids is 1. The summed E-state index contributed by atoms with van der Waals surface area (Å²) in [6.45, 7) is -0.101. The highest BCUT2D eigenvalue weighted by Crippen LogP contribution is 2.10. The minimum Gasteiger partial charge on any atom is -0.478 e. The van der Waals surface area contributed by atoms with E-state index in [2.05, 4.69) is 10.3 Å². The lowest BCUT2D eigenvalue weighted by Crippen LogP contribution is -2.24. The number of carboxylic acid groups (broad SMARTS) is 1. The molecule has 1 heterocycles. The number of aromatic nitrogens is 1. The monoisotopic (exact) mass is 292 g/mol. The van der Waals surface area contributed by atoms with Crippen LogP contribution < -0.4 is 5.32 Å². The Morgan fingerprint density at radius 2 is 1.95 bits per heavy atom. The van der Waals surface area contributed by atoms with Gasteiger partial charge >= 0.3 is 5.97 Å². The lowest BCUT2D eigenvalue weighted by atomic mass is 10.2. The maximum Gasteiger partial charge on any atom is 0.335 e. The number of hydrogen-bond donors (Lipinski definition) is 2. The maximum absolute atomic E-state index is 13.4. The molecule has 1 aromatic carbocycles. The molecule has 0 saturated carbocycles. The standard InChI is InChI=1S/C14H10F2N2O3/c15-9-1-2-12(16)11(6-9)13(19)18-7-10-5-8(14(20)21)3-4-17-10/h1-6H,7H2,(H,18,19)(H,20,21). The number of nitrogens with zero attached hydrogens (tertiary/aromatic N) is 1. The average Bonchev–Trinajstić information content (AvgIpc) is 2.47. The first-order valence-corrected chi connectivity index (χ1v) is 5.89. The second kappa shape index (κ2) is 6.08. The van der Waals surface area contributed by atoms with Crippen LogP contribution in [0.15, 0.2) is 36.5 Å². The third-order valence-electron chi connectivity index (χ3n) is 2.67. The predicted molar refractivity (Wildman–Crippen MR) is 68.7 cm³/mol. The number of rotatable bonds is 4. The van der Waals surface area contributed by atoms with Gasteiger partial charge in [-0.25, -0.2) is 13.6 Å². The third kappa shape index (κ3) is 3.59. The number of benzene rings is 1. The van der Waals surface area contributed by atoms with Gasteiger partial charge in [-0.15, -0.1) is 0 Å². The molecule has 0 aliphatic rings. The Morgan fingerprint density at radius 3 is 2.67 bits per heavy atom. The van der Waals surface area contributed by atoms with Crippen LogP contribution in [0.2, 0.25) is 0 Å². The van der Waals surface area contributed by atoms with E-state index in [0.717, 1.165) is 18.2 Å². The van der Waals surface area contributed by atoms with E-state index in [9.17, 15) is 18.4 Å². The van der Waals surface area contributed by atoms with Gasteiger partial charge in [0.25, 0.3) is 5.91 Å². The molecule has 0 bridgehead atoms. The van der Waals surface area contributed by atoms with Crippen molar-refractivity contribution in [3.05, 3.63) is 65.0 Å². The van der Waals surface area contributed by atoms with Crippen molar-refractivity contribution < 1.29 is 23.5 Å². The van der Waals surface area contributed by atoms with Crippen LogP contribution in [-0.4, -0.2) is 22.0 Å². The molecule has 1 aromatic heterocycles. The molecule has 0 aliphatic carbocycles.